The van der Waals surface area contributed by atoms with E-state index in [0.717, 1.165) is 18.0 Å². The molecular formula is C16H27N3O. The van der Waals surface area contributed by atoms with Gasteiger partial charge in [0.25, 0.3) is 0 Å². The van der Waals surface area contributed by atoms with Gasteiger partial charge in [0.1, 0.15) is 5.75 Å². The second-order valence-electron chi connectivity index (χ2n) is 5.59. The maximum Gasteiger partial charge on any atom is 0.144 e. The molecule has 1 aromatic rings. The van der Waals surface area contributed by atoms with E-state index >= 15 is 0 Å². The van der Waals surface area contributed by atoms with Gasteiger partial charge in [-0.3, -0.25) is 0 Å². The van der Waals surface area contributed by atoms with Crippen LogP contribution in [0.2, 0.25) is 0 Å². The Balaban J connectivity index is 1.89. The number of likely N-dealkylation sites (tertiary alicyclic amines) is 1. The molecule has 1 aliphatic heterocycles. The van der Waals surface area contributed by atoms with Crippen molar-refractivity contribution in [3.05, 3.63) is 18.2 Å². The van der Waals surface area contributed by atoms with E-state index in [2.05, 4.69) is 17.1 Å². The van der Waals surface area contributed by atoms with Crippen molar-refractivity contribution in [3.63, 3.8) is 0 Å². The van der Waals surface area contributed by atoms with Gasteiger partial charge in [-0.25, -0.2) is 0 Å². The molecule has 0 saturated carbocycles. The first kappa shape index (κ1) is 15.0. The number of piperidine rings is 1. The lowest BCUT2D eigenvalue weighted by atomic mass is 10.1. The first-order chi connectivity index (χ1) is 9.69. The third-order valence-electron chi connectivity index (χ3n) is 3.71. The van der Waals surface area contributed by atoms with E-state index in [1.54, 1.807) is 0 Å². The van der Waals surface area contributed by atoms with E-state index in [0.29, 0.717) is 18.3 Å². The fraction of sp³-hybridized carbons (Fsp3) is 0.625. The number of nitrogen functional groups attached to an aromatic ring is 1. The molecule has 1 aliphatic rings. The molecule has 0 amide bonds. The molecule has 0 bridgehead atoms. The SMILES string of the molecule is CCOc1cc(NC(C)CN2CCCCC2)ccc1N. The standard InChI is InChI=1S/C16H27N3O/c1-3-20-16-11-14(7-8-15(16)17)18-13(2)12-19-9-5-4-6-10-19/h7-8,11,13,18H,3-6,9-10,12,17H2,1-2H3. The number of benzene rings is 1. The molecule has 0 spiro atoms. The van der Waals surface area contributed by atoms with Crippen LogP contribution in [-0.2, 0) is 0 Å². The summed E-state index contributed by atoms with van der Waals surface area (Å²) in [4.78, 5) is 2.54. The van der Waals surface area contributed by atoms with Gasteiger partial charge in [-0.1, -0.05) is 6.42 Å². The zero-order chi connectivity index (χ0) is 14.4. The number of rotatable bonds is 6. The summed E-state index contributed by atoms with van der Waals surface area (Å²) in [6.45, 7) is 8.39. The lowest BCUT2D eigenvalue weighted by Crippen LogP contribution is -2.38. The van der Waals surface area contributed by atoms with E-state index in [9.17, 15) is 0 Å². The van der Waals surface area contributed by atoms with Crippen LogP contribution in [-0.4, -0.2) is 37.2 Å². The molecule has 0 aromatic heterocycles. The van der Waals surface area contributed by atoms with Crippen molar-refractivity contribution >= 4 is 11.4 Å². The number of hydrogen-bond donors (Lipinski definition) is 2. The van der Waals surface area contributed by atoms with Gasteiger partial charge in [-0.2, -0.15) is 0 Å². The first-order valence-electron chi connectivity index (χ1n) is 7.70. The minimum absolute atomic E-state index is 0.422. The molecule has 0 radical (unpaired) electrons. The van der Waals surface area contributed by atoms with Gasteiger partial charge in [0.05, 0.1) is 12.3 Å². The van der Waals surface area contributed by atoms with Crippen LogP contribution in [0.15, 0.2) is 18.2 Å². The summed E-state index contributed by atoms with van der Waals surface area (Å²) in [5.74, 6) is 0.766. The third kappa shape index (κ3) is 4.30. The minimum atomic E-state index is 0.422. The molecule has 1 saturated heterocycles. The van der Waals surface area contributed by atoms with Crippen molar-refractivity contribution in [2.24, 2.45) is 0 Å². The topological polar surface area (TPSA) is 50.5 Å². The van der Waals surface area contributed by atoms with Gasteiger partial charge in [0.15, 0.2) is 0 Å². The zero-order valence-corrected chi connectivity index (χ0v) is 12.7. The maximum atomic E-state index is 5.89. The van der Waals surface area contributed by atoms with Gasteiger partial charge < -0.3 is 20.7 Å². The van der Waals surface area contributed by atoms with Gasteiger partial charge in [0.2, 0.25) is 0 Å². The Hall–Kier alpha value is -1.42. The van der Waals surface area contributed by atoms with E-state index in [4.69, 9.17) is 10.5 Å². The van der Waals surface area contributed by atoms with Gasteiger partial charge in [-0.15, -0.1) is 0 Å². The van der Waals surface area contributed by atoms with Crippen LogP contribution in [0.4, 0.5) is 11.4 Å². The Morgan fingerprint density at radius 3 is 2.75 bits per heavy atom. The molecule has 4 heteroatoms. The molecule has 112 valence electrons. The van der Waals surface area contributed by atoms with Crippen molar-refractivity contribution in [2.45, 2.75) is 39.2 Å². The lowest BCUT2D eigenvalue weighted by molar-refractivity contribution is 0.223. The van der Waals surface area contributed by atoms with Crippen molar-refractivity contribution in [1.82, 2.24) is 4.90 Å². The Morgan fingerprint density at radius 2 is 2.05 bits per heavy atom. The van der Waals surface area contributed by atoms with Gasteiger partial charge in [-0.05, 0) is 51.9 Å². The fourth-order valence-corrected chi connectivity index (χ4v) is 2.76. The predicted molar refractivity (Wildman–Crippen MR) is 85.4 cm³/mol. The Kier molecular flexibility index (Phi) is 5.53. The lowest BCUT2D eigenvalue weighted by Gasteiger charge is -2.29. The fourth-order valence-electron chi connectivity index (χ4n) is 2.76. The number of nitrogens with zero attached hydrogens (tertiary/aromatic N) is 1. The second kappa shape index (κ2) is 7.39. The first-order valence-corrected chi connectivity index (χ1v) is 7.70. The van der Waals surface area contributed by atoms with Crippen LogP contribution in [0.3, 0.4) is 0 Å². The molecule has 0 aliphatic carbocycles. The molecule has 1 unspecified atom stereocenters. The summed E-state index contributed by atoms with van der Waals surface area (Å²) < 4.78 is 5.53. The Bertz CT molecular complexity index is 416. The van der Waals surface area contributed by atoms with Gasteiger partial charge >= 0.3 is 0 Å². The summed E-state index contributed by atoms with van der Waals surface area (Å²) in [5, 5.41) is 3.54. The zero-order valence-electron chi connectivity index (χ0n) is 12.7. The Labute approximate surface area is 122 Å². The number of nitrogens with two attached hydrogens (primary N) is 1. The van der Waals surface area contributed by atoms with Crippen molar-refractivity contribution in [3.8, 4) is 5.75 Å². The molecular weight excluding hydrogens is 250 g/mol. The van der Waals surface area contributed by atoms with Gasteiger partial charge in [0, 0.05) is 24.3 Å². The average Bonchev–Trinajstić information content (AvgIpc) is 2.44. The molecule has 1 atom stereocenters. The smallest absolute Gasteiger partial charge is 0.144 e. The van der Waals surface area contributed by atoms with Crippen LogP contribution in [0, 0.1) is 0 Å². The average molecular weight is 277 g/mol. The highest BCUT2D eigenvalue weighted by Crippen LogP contribution is 2.26. The molecule has 2 rings (SSSR count). The number of ether oxygens (including phenoxy) is 1. The molecule has 1 fully saturated rings. The van der Waals surface area contributed by atoms with E-state index < -0.39 is 0 Å². The van der Waals surface area contributed by atoms with Crippen molar-refractivity contribution in [2.75, 3.05) is 37.3 Å². The molecule has 4 nitrogen and oxygen atoms in total. The quantitative estimate of drug-likeness (QED) is 0.785. The van der Waals surface area contributed by atoms with E-state index in [1.165, 1.54) is 32.4 Å². The molecule has 3 N–H and O–H groups in total. The van der Waals surface area contributed by atoms with Crippen LogP contribution >= 0.6 is 0 Å². The highest BCUT2D eigenvalue weighted by molar-refractivity contribution is 5.61. The summed E-state index contributed by atoms with van der Waals surface area (Å²) in [6.07, 6.45) is 4.06. The van der Waals surface area contributed by atoms with Crippen molar-refractivity contribution < 1.29 is 4.74 Å². The number of nitrogens with one attached hydrogen (secondary N) is 1. The van der Waals surface area contributed by atoms with Crippen LogP contribution < -0.4 is 15.8 Å². The van der Waals surface area contributed by atoms with Crippen LogP contribution in [0.1, 0.15) is 33.1 Å². The maximum absolute atomic E-state index is 5.89. The highest BCUT2D eigenvalue weighted by atomic mass is 16.5. The molecule has 20 heavy (non-hydrogen) atoms. The van der Waals surface area contributed by atoms with Crippen molar-refractivity contribution in [1.29, 1.82) is 0 Å². The molecule has 1 aromatic carbocycles. The normalized spacial score (nSPS) is 17.7. The summed E-state index contributed by atoms with van der Waals surface area (Å²) in [7, 11) is 0. The van der Waals surface area contributed by atoms with E-state index in [-0.39, 0.29) is 0 Å². The summed E-state index contributed by atoms with van der Waals surface area (Å²) in [6, 6.07) is 6.34. The monoisotopic (exact) mass is 277 g/mol. The van der Waals surface area contributed by atoms with Crippen LogP contribution in [0.25, 0.3) is 0 Å². The summed E-state index contributed by atoms with van der Waals surface area (Å²) >= 11 is 0. The third-order valence-corrected chi connectivity index (χ3v) is 3.71. The largest absolute Gasteiger partial charge is 0.492 e. The van der Waals surface area contributed by atoms with Crippen LogP contribution in [0.5, 0.6) is 5.75 Å². The predicted octanol–water partition coefficient (Wildman–Crippen LogP) is 2.95. The highest BCUT2D eigenvalue weighted by Gasteiger charge is 2.13. The Morgan fingerprint density at radius 1 is 1.30 bits per heavy atom. The minimum Gasteiger partial charge on any atom is -0.492 e. The summed E-state index contributed by atoms with van der Waals surface area (Å²) in [5.41, 5.74) is 7.67. The molecule has 1 heterocycles. The number of hydrogen-bond acceptors (Lipinski definition) is 4. The van der Waals surface area contributed by atoms with E-state index in [1.807, 2.05) is 25.1 Å². The second-order valence-corrected chi connectivity index (χ2v) is 5.59. The number of anilines is 2.